The fraction of sp³-hybridized carbons (Fsp3) is 0.300. The molecule has 2 heterocycles. The summed E-state index contributed by atoms with van der Waals surface area (Å²) in [4.78, 5) is 42.1. The number of hydrogen-bond acceptors (Lipinski definition) is 7. The molecular formula is C20H19N5O4S. The summed E-state index contributed by atoms with van der Waals surface area (Å²) in [5.41, 5.74) is 3.85. The monoisotopic (exact) mass is 425 g/mol. The summed E-state index contributed by atoms with van der Waals surface area (Å²) < 4.78 is 1.33. The highest BCUT2D eigenvalue weighted by Crippen LogP contribution is 2.33. The summed E-state index contributed by atoms with van der Waals surface area (Å²) in [6.45, 7) is 1.62. The highest BCUT2D eigenvalue weighted by molar-refractivity contribution is 7.18. The lowest BCUT2D eigenvalue weighted by Gasteiger charge is -2.14. The van der Waals surface area contributed by atoms with Crippen LogP contribution in [0.3, 0.4) is 0 Å². The Morgan fingerprint density at radius 3 is 2.80 bits per heavy atom. The molecule has 0 bridgehead atoms. The first kappa shape index (κ1) is 19.9. The number of nitrogens with zero attached hydrogens (tertiary/aromatic N) is 4. The topological polar surface area (TPSA) is 119 Å². The second kappa shape index (κ2) is 8.15. The third kappa shape index (κ3) is 3.73. The lowest BCUT2D eigenvalue weighted by atomic mass is 9.97. The van der Waals surface area contributed by atoms with Crippen LogP contribution in [0, 0.1) is 10.1 Å². The molecule has 1 aliphatic rings. The summed E-state index contributed by atoms with van der Waals surface area (Å²) in [6.07, 6.45) is 6.82. The molecule has 1 amide bonds. The Kier molecular flexibility index (Phi) is 5.40. The molecule has 0 aliphatic heterocycles. The van der Waals surface area contributed by atoms with E-state index in [1.165, 1.54) is 46.3 Å². The van der Waals surface area contributed by atoms with Crippen LogP contribution in [0.5, 0.6) is 0 Å². The Bertz CT molecular complexity index is 1210. The van der Waals surface area contributed by atoms with Crippen LogP contribution in [0.25, 0.3) is 10.2 Å². The number of carbonyl (C=O) groups excluding carboxylic acids is 1. The fourth-order valence-corrected chi connectivity index (χ4v) is 4.73. The average Bonchev–Trinajstić information content (AvgIpc) is 3.13. The van der Waals surface area contributed by atoms with Crippen molar-refractivity contribution in [2.45, 2.75) is 38.6 Å². The van der Waals surface area contributed by atoms with E-state index in [9.17, 15) is 19.7 Å². The summed E-state index contributed by atoms with van der Waals surface area (Å²) >= 11 is 1.57. The minimum atomic E-state index is -0.789. The van der Waals surface area contributed by atoms with Crippen LogP contribution in [-0.2, 0) is 17.6 Å². The molecule has 0 saturated heterocycles. The predicted octanol–water partition coefficient (Wildman–Crippen LogP) is 2.96. The predicted molar refractivity (Wildman–Crippen MR) is 114 cm³/mol. The number of benzene rings is 1. The standard InChI is InChI=1S/C20H19N5O4S/c1-12(18(26)23-22-10-13-6-8-14(9-7-13)25(28)29)24-11-21-19-17(20(24)27)15-4-2-3-5-16(15)30-19/h6-12H,2-5H2,1H3,(H,23,26)/b22-10+. The molecule has 30 heavy (non-hydrogen) atoms. The smallest absolute Gasteiger partial charge is 0.269 e. The van der Waals surface area contributed by atoms with Crippen LogP contribution in [0.15, 0.2) is 40.5 Å². The van der Waals surface area contributed by atoms with E-state index in [2.05, 4.69) is 15.5 Å². The van der Waals surface area contributed by atoms with Crippen LogP contribution in [-0.4, -0.2) is 26.6 Å². The first-order valence-electron chi connectivity index (χ1n) is 9.54. The zero-order valence-electron chi connectivity index (χ0n) is 16.2. The molecule has 1 unspecified atom stereocenters. The van der Waals surface area contributed by atoms with Crippen molar-refractivity contribution < 1.29 is 9.72 Å². The van der Waals surface area contributed by atoms with E-state index >= 15 is 0 Å². The Balaban J connectivity index is 1.51. The van der Waals surface area contributed by atoms with Crippen molar-refractivity contribution in [1.29, 1.82) is 0 Å². The number of hydrogen-bond donors (Lipinski definition) is 1. The summed E-state index contributed by atoms with van der Waals surface area (Å²) in [6, 6.07) is 4.97. The van der Waals surface area contributed by atoms with Crippen molar-refractivity contribution >= 4 is 39.4 Å². The Morgan fingerprint density at radius 2 is 2.07 bits per heavy atom. The molecule has 1 N–H and O–H groups in total. The van der Waals surface area contributed by atoms with Crippen LogP contribution in [0.4, 0.5) is 5.69 Å². The van der Waals surface area contributed by atoms with Gasteiger partial charge in [0.25, 0.3) is 17.2 Å². The van der Waals surface area contributed by atoms with Crippen molar-refractivity contribution in [2.24, 2.45) is 5.10 Å². The van der Waals surface area contributed by atoms with E-state index in [0.717, 1.165) is 36.1 Å². The van der Waals surface area contributed by atoms with Gasteiger partial charge in [-0.1, -0.05) is 0 Å². The zero-order valence-corrected chi connectivity index (χ0v) is 17.0. The molecule has 9 nitrogen and oxygen atoms in total. The Hall–Kier alpha value is -3.40. The quantitative estimate of drug-likeness (QED) is 0.383. The van der Waals surface area contributed by atoms with Gasteiger partial charge in [0.05, 0.1) is 22.9 Å². The molecule has 10 heteroatoms. The largest absolute Gasteiger partial charge is 0.286 e. The van der Waals surface area contributed by atoms with Crippen LogP contribution in [0.1, 0.15) is 41.8 Å². The minimum Gasteiger partial charge on any atom is -0.286 e. The summed E-state index contributed by atoms with van der Waals surface area (Å²) in [5, 5.41) is 15.2. The third-order valence-electron chi connectivity index (χ3n) is 5.19. The average molecular weight is 425 g/mol. The normalized spacial score (nSPS) is 14.6. The van der Waals surface area contributed by atoms with Gasteiger partial charge >= 0.3 is 0 Å². The number of carbonyl (C=O) groups is 1. The van der Waals surface area contributed by atoms with Gasteiger partial charge in [-0.2, -0.15) is 5.10 Å². The second-order valence-electron chi connectivity index (χ2n) is 7.11. The number of hydrazone groups is 1. The Labute approximate surface area is 175 Å². The SMILES string of the molecule is CC(C(=O)N/N=C/c1ccc([N+](=O)[O-])cc1)n1cnc2sc3c(c2c1=O)CCCC3. The number of rotatable bonds is 5. The Morgan fingerprint density at radius 1 is 1.33 bits per heavy atom. The van der Waals surface area contributed by atoms with Gasteiger partial charge in [-0.05, 0) is 55.9 Å². The van der Waals surface area contributed by atoms with Crippen molar-refractivity contribution in [1.82, 2.24) is 15.0 Å². The molecule has 0 fully saturated rings. The highest BCUT2D eigenvalue weighted by atomic mass is 32.1. The number of nitro groups is 1. The number of nitrogens with one attached hydrogen (secondary N) is 1. The van der Waals surface area contributed by atoms with E-state index in [0.29, 0.717) is 10.9 Å². The zero-order chi connectivity index (χ0) is 21.3. The van der Waals surface area contributed by atoms with E-state index < -0.39 is 16.9 Å². The second-order valence-corrected chi connectivity index (χ2v) is 8.19. The summed E-state index contributed by atoms with van der Waals surface area (Å²) in [5.74, 6) is -0.458. The maximum atomic E-state index is 13.0. The van der Waals surface area contributed by atoms with Gasteiger partial charge in [-0.25, -0.2) is 10.4 Å². The molecule has 0 spiro atoms. The van der Waals surface area contributed by atoms with Crippen LogP contribution < -0.4 is 11.0 Å². The van der Waals surface area contributed by atoms with Crippen LogP contribution in [0.2, 0.25) is 0 Å². The number of thiophene rings is 1. The highest BCUT2D eigenvalue weighted by Gasteiger charge is 2.23. The lowest BCUT2D eigenvalue weighted by molar-refractivity contribution is -0.384. The van der Waals surface area contributed by atoms with E-state index in [1.807, 2.05) is 0 Å². The minimum absolute atomic E-state index is 0.0253. The third-order valence-corrected chi connectivity index (χ3v) is 6.39. The van der Waals surface area contributed by atoms with Gasteiger partial charge < -0.3 is 0 Å². The first-order valence-corrected chi connectivity index (χ1v) is 10.4. The van der Waals surface area contributed by atoms with Gasteiger partial charge in [0.2, 0.25) is 0 Å². The fourth-order valence-electron chi connectivity index (χ4n) is 3.51. The van der Waals surface area contributed by atoms with Gasteiger partial charge in [-0.3, -0.25) is 24.3 Å². The van der Waals surface area contributed by atoms with Gasteiger partial charge in [-0.15, -0.1) is 11.3 Å². The number of non-ortho nitro benzene ring substituents is 1. The van der Waals surface area contributed by atoms with Crippen molar-refractivity contribution in [3.63, 3.8) is 0 Å². The van der Waals surface area contributed by atoms with Crippen molar-refractivity contribution in [3.8, 4) is 0 Å². The molecule has 1 aliphatic carbocycles. The molecule has 0 saturated carbocycles. The van der Waals surface area contributed by atoms with E-state index in [1.54, 1.807) is 18.3 Å². The maximum absolute atomic E-state index is 13.0. The van der Waals surface area contributed by atoms with Gasteiger partial charge in [0.15, 0.2) is 0 Å². The van der Waals surface area contributed by atoms with E-state index in [-0.39, 0.29) is 11.2 Å². The number of aryl methyl sites for hydroxylation is 2. The maximum Gasteiger partial charge on any atom is 0.269 e. The molecule has 4 rings (SSSR count). The number of fused-ring (bicyclic) bond motifs is 3. The van der Waals surface area contributed by atoms with Gasteiger partial charge in [0.1, 0.15) is 10.9 Å². The van der Waals surface area contributed by atoms with E-state index in [4.69, 9.17) is 0 Å². The molecule has 0 radical (unpaired) electrons. The number of amides is 1. The molecule has 154 valence electrons. The number of aromatic nitrogens is 2. The first-order chi connectivity index (χ1) is 14.5. The molecule has 1 aromatic carbocycles. The molecule has 2 aromatic heterocycles. The molecule has 3 aromatic rings. The van der Waals surface area contributed by atoms with Crippen molar-refractivity contribution in [2.75, 3.05) is 0 Å². The molecular weight excluding hydrogens is 406 g/mol. The van der Waals surface area contributed by atoms with Crippen LogP contribution >= 0.6 is 11.3 Å². The number of nitro benzene ring substituents is 1. The van der Waals surface area contributed by atoms with Crippen molar-refractivity contribution in [3.05, 3.63) is 67.1 Å². The molecule has 1 atom stereocenters. The lowest BCUT2D eigenvalue weighted by Crippen LogP contribution is -2.34. The van der Waals surface area contributed by atoms with Gasteiger partial charge in [0, 0.05) is 17.0 Å². The summed E-state index contributed by atoms with van der Waals surface area (Å²) in [7, 11) is 0.